The number of carboxylic acids is 1. The number of nitrogens with zero attached hydrogens (tertiary/aromatic N) is 1. The third kappa shape index (κ3) is 4.04. The van der Waals surface area contributed by atoms with Gasteiger partial charge < -0.3 is 9.84 Å². The van der Waals surface area contributed by atoms with Crippen molar-refractivity contribution in [1.82, 2.24) is 4.90 Å². The molecule has 19 heavy (non-hydrogen) atoms. The molecule has 1 unspecified atom stereocenters. The Morgan fingerprint density at radius 1 is 1.42 bits per heavy atom. The minimum Gasteiger partial charge on any atom is -0.481 e. The minimum absolute atomic E-state index is 0.103. The zero-order chi connectivity index (χ0) is 13.7. The van der Waals surface area contributed by atoms with E-state index in [2.05, 4.69) is 4.90 Å². The Morgan fingerprint density at radius 3 is 2.84 bits per heavy atom. The zero-order valence-electron chi connectivity index (χ0n) is 11.3. The highest BCUT2D eigenvalue weighted by atomic mass is 16.5. The molecule has 4 heteroatoms. The third-order valence-corrected chi connectivity index (χ3v) is 3.63. The first kappa shape index (κ1) is 14.0. The van der Waals surface area contributed by atoms with Crippen molar-refractivity contribution in [1.29, 1.82) is 0 Å². The largest absolute Gasteiger partial charge is 0.481 e. The van der Waals surface area contributed by atoms with Crippen LogP contribution in [0, 0.1) is 5.92 Å². The van der Waals surface area contributed by atoms with E-state index in [1.807, 2.05) is 24.3 Å². The Hall–Kier alpha value is -1.39. The zero-order valence-corrected chi connectivity index (χ0v) is 11.3. The van der Waals surface area contributed by atoms with E-state index in [1.165, 1.54) is 0 Å². The molecular formula is C15H21NO3. The van der Waals surface area contributed by atoms with Gasteiger partial charge in [-0.25, -0.2) is 0 Å². The number of carbonyl (C=O) groups is 1. The number of rotatable bonds is 6. The van der Waals surface area contributed by atoms with Crippen LogP contribution >= 0.6 is 0 Å². The molecule has 104 valence electrons. The van der Waals surface area contributed by atoms with E-state index in [0.717, 1.165) is 43.8 Å². The van der Waals surface area contributed by atoms with Crippen LogP contribution in [0.4, 0.5) is 0 Å². The summed E-state index contributed by atoms with van der Waals surface area (Å²) in [5.41, 5.74) is 2.05. The topological polar surface area (TPSA) is 49.8 Å². The molecule has 1 atom stereocenters. The van der Waals surface area contributed by atoms with Crippen LogP contribution < -0.4 is 0 Å². The van der Waals surface area contributed by atoms with Crippen LogP contribution in [-0.2, 0) is 22.5 Å². The van der Waals surface area contributed by atoms with Crippen LogP contribution in [0.3, 0.4) is 0 Å². The van der Waals surface area contributed by atoms with Crippen molar-refractivity contribution in [3.63, 3.8) is 0 Å². The van der Waals surface area contributed by atoms with Gasteiger partial charge in [-0.1, -0.05) is 24.3 Å². The van der Waals surface area contributed by atoms with E-state index in [-0.39, 0.29) is 6.42 Å². The number of hydrogen-bond acceptors (Lipinski definition) is 3. The number of methoxy groups -OCH3 is 1. The quantitative estimate of drug-likeness (QED) is 0.850. The van der Waals surface area contributed by atoms with E-state index >= 15 is 0 Å². The molecule has 1 heterocycles. The molecule has 0 radical (unpaired) electrons. The second-order valence-corrected chi connectivity index (χ2v) is 5.18. The molecular weight excluding hydrogens is 242 g/mol. The molecule has 1 N–H and O–H groups in total. The molecule has 4 nitrogen and oxygen atoms in total. The molecule has 0 spiro atoms. The summed E-state index contributed by atoms with van der Waals surface area (Å²) in [4.78, 5) is 13.2. The van der Waals surface area contributed by atoms with Crippen LogP contribution in [0.1, 0.15) is 17.5 Å². The van der Waals surface area contributed by atoms with Gasteiger partial charge in [-0.2, -0.15) is 0 Å². The first-order chi connectivity index (χ1) is 9.19. The SMILES string of the molecule is COCC1CCN(Cc2ccccc2CC(=O)O)C1. The number of benzene rings is 1. The average Bonchev–Trinajstić information content (AvgIpc) is 2.79. The summed E-state index contributed by atoms with van der Waals surface area (Å²) in [6, 6.07) is 7.82. The lowest BCUT2D eigenvalue weighted by atomic mass is 10.0. The Labute approximate surface area is 114 Å². The number of ether oxygens (including phenoxy) is 1. The second kappa shape index (κ2) is 6.68. The predicted octanol–water partition coefficient (Wildman–Crippen LogP) is 1.78. The van der Waals surface area contributed by atoms with Gasteiger partial charge in [-0.05, 0) is 30.0 Å². The summed E-state index contributed by atoms with van der Waals surface area (Å²) >= 11 is 0. The highest BCUT2D eigenvalue weighted by Crippen LogP contribution is 2.20. The number of hydrogen-bond donors (Lipinski definition) is 1. The van der Waals surface area contributed by atoms with Gasteiger partial charge in [0.05, 0.1) is 13.0 Å². The van der Waals surface area contributed by atoms with E-state index < -0.39 is 5.97 Å². The van der Waals surface area contributed by atoms with Gasteiger partial charge in [0.15, 0.2) is 0 Å². The van der Waals surface area contributed by atoms with E-state index in [9.17, 15) is 4.79 Å². The molecule has 2 rings (SSSR count). The van der Waals surface area contributed by atoms with Crippen molar-refractivity contribution in [3.8, 4) is 0 Å². The fourth-order valence-corrected chi connectivity index (χ4v) is 2.72. The molecule has 0 aliphatic carbocycles. The highest BCUT2D eigenvalue weighted by molar-refractivity contribution is 5.70. The summed E-state index contributed by atoms with van der Waals surface area (Å²) in [7, 11) is 1.74. The van der Waals surface area contributed by atoms with Gasteiger partial charge in [0, 0.05) is 20.2 Å². The lowest BCUT2D eigenvalue weighted by molar-refractivity contribution is -0.136. The molecule has 0 amide bonds. The van der Waals surface area contributed by atoms with Crippen LogP contribution in [0.5, 0.6) is 0 Å². The van der Waals surface area contributed by atoms with Gasteiger partial charge >= 0.3 is 5.97 Å². The fraction of sp³-hybridized carbons (Fsp3) is 0.533. The smallest absolute Gasteiger partial charge is 0.307 e. The van der Waals surface area contributed by atoms with Crippen molar-refractivity contribution in [2.45, 2.75) is 19.4 Å². The maximum absolute atomic E-state index is 10.9. The molecule has 0 bridgehead atoms. The Balaban J connectivity index is 1.97. The molecule has 1 aromatic carbocycles. The maximum atomic E-state index is 10.9. The maximum Gasteiger partial charge on any atom is 0.307 e. The summed E-state index contributed by atoms with van der Waals surface area (Å²) in [5.74, 6) is -0.164. The molecule has 1 aliphatic heterocycles. The van der Waals surface area contributed by atoms with E-state index in [0.29, 0.717) is 5.92 Å². The summed E-state index contributed by atoms with van der Waals surface area (Å²) in [5, 5.41) is 8.93. The van der Waals surface area contributed by atoms with Gasteiger partial charge in [0.25, 0.3) is 0 Å². The van der Waals surface area contributed by atoms with Crippen molar-refractivity contribution >= 4 is 5.97 Å². The summed E-state index contributed by atoms with van der Waals surface area (Å²) in [6.07, 6.45) is 1.26. The van der Waals surface area contributed by atoms with Crippen LogP contribution in [-0.4, -0.2) is 42.8 Å². The standard InChI is InChI=1S/C15H21NO3/c1-19-11-12-6-7-16(9-12)10-14-5-3-2-4-13(14)8-15(17)18/h2-5,12H,6-11H2,1H3,(H,17,18). The van der Waals surface area contributed by atoms with Crippen LogP contribution in [0.25, 0.3) is 0 Å². The Bertz CT molecular complexity index is 433. The summed E-state index contributed by atoms with van der Waals surface area (Å²) < 4.78 is 5.20. The normalized spacial score (nSPS) is 19.7. The molecule has 0 saturated carbocycles. The predicted molar refractivity (Wildman–Crippen MR) is 73.0 cm³/mol. The van der Waals surface area contributed by atoms with Gasteiger partial charge in [-0.15, -0.1) is 0 Å². The lowest BCUT2D eigenvalue weighted by Gasteiger charge is -2.18. The Morgan fingerprint density at radius 2 is 2.16 bits per heavy atom. The number of aliphatic carboxylic acids is 1. The molecule has 1 aliphatic rings. The minimum atomic E-state index is -0.772. The number of carboxylic acid groups (broad SMARTS) is 1. The van der Waals surface area contributed by atoms with E-state index in [1.54, 1.807) is 7.11 Å². The summed E-state index contributed by atoms with van der Waals surface area (Å²) in [6.45, 7) is 3.75. The third-order valence-electron chi connectivity index (χ3n) is 3.63. The van der Waals surface area contributed by atoms with Gasteiger partial charge in [0.2, 0.25) is 0 Å². The van der Waals surface area contributed by atoms with Gasteiger partial charge in [-0.3, -0.25) is 9.69 Å². The Kier molecular flexibility index (Phi) is 4.93. The fourth-order valence-electron chi connectivity index (χ4n) is 2.72. The molecule has 1 aromatic rings. The molecule has 1 fully saturated rings. The highest BCUT2D eigenvalue weighted by Gasteiger charge is 2.22. The molecule has 1 saturated heterocycles. The number of likely N-dealkylation sites (tertiary alicyclic amines) is 1. The monoisotopic (exact) mass is 263 g/mol. The van der Waals surface area contributed by atoms with E-state index in [4.69, 9.17) is 9.84 Å². The first-order valence-electron chi connectivity index (χ1n) is 6.69. The second-order valence-electron chi connectivity index (χ2n) is 5.18. The first-order valence-corrected chi connectivity index (χ1v) is 6.69. The van der Waals surface area contributed by atoms with Crippen LogP contribution in [0.15, 0.2) is 24.3 Å². The van der Waals surface area contributed by atoms with Crippen molar-refractivity contribution in [2.24, 2.45) is 5.92 Å². The van der Waals surface area contributed by atoms with Crippen molar-refractivity contribution in [3.05, 3.63) is 35.4 Å². The van der Waals surface area contributed by atoms with Crippen molar-refractivity contribution < 1.29 is 14.6 Å². The van der Waals surface area contributed by atoms with Gasteiger partial charge in [0.1, 0.15) is 0 Å². The average molecular weight is 263 g/mol. The lowest BCUT2D eigenvalue weighted by Crippen LogP contribution is -2.22. The van der Waals surface area contributed by atoms with Crippen LogP contribution in [0.2, 0.25) is 0 Å². The molecule has 0 aromatic heterocycles. The van der Waals surface area contributed by atoms with Crippen molar-refractivity contribution in [2.75, 3.05) is 26.8 Å².